The van der Waals surface area contributed by atoms with Crippen LogP contribution in [0.15, 0.2) is 18.6 Å². The fraction of sp³-hybridized carbons (Fsp3) is 0.444. The summed E-state index contributed by atoms with van der Waals surface area (Å²) in [5.41, 5.74) is 0.851. The van der Waals surface area contributed by atoms with Gasteiger partial charge in [-0.15, -0.1) is 0 Å². The predicted octanol–water partition coefficient (Wildman–Crippen LogP) is 0.129. The Bertz CT molecular complexity index is 277. The maximum Gasteiger partial charge on any atom is 0.319 e. The first-order chi connectivity index (χ1) is 6.83. The van der Waals surface area contributed by atoms with Gasteiger partial charge in [-0.2, -0.15) is 0 Å². The zero-order valence-electron chi connectivity index (χ0n) is 8.06. The first kappa shape index (κ1) is 10.6. The number of carbonyl (C=O) groups excluding carboxylic acids is 1. The quantitative estimate of drug-likeness (QED) is 0.676. The third kappa shape index (κ3) is 3.95. The van der Waals surface area contributed by atoms with E-state index in [1.165, 1.54) is 6.33 Å². The van der Waals surface area contributed by atoms with Crippen molar-refractivity contribution in [3.63, 3.8) is 0 Å². The van der Waals surface area contributed by atoms with Gasteiger partial charge in [0.15, 0.2) is 0 Å². The third-order valence-corrected chi connectivity index (χ3v) is 1.52. The molecule has 14 heavy (non-hydrogen) atoms. The predicted molar refractivity (Wildman–Crippen MR) is 50.4 cm³/mol. The molecule has 1 heterocycles. The van der Waals surface area contributed by atoms with Crippen LogP contribution in [0.5, 0.6) is 0 Å². The Balaban J connectivity index is 2.19. The molecule has 5 nitrogen and oxygen atoms in total. The molecule has 1 aromatic heterocycles. The van der Waals surface area contributed by atoms with Gasteiger partial charge in [-0.05, 0) is 13.0 Å². The summed E-state index contributed by atoms with van der Waals surface area (Å²) in [5, 5.41) is 2.92. The maximum atomic E-state index is 10.9. The average molecular weight is 195 g/mol. The fourth-order valence-electron chi connectivity index (χ4n) is 0.927. The normalized spacial score (nSPS) is 9.79. The molecular weight excluding hydrogens is 182 g/mol. The number of nitrogens with one attached hydrogen (secondary N) is 1. The van der Waals surface area contributed by atoms with Crippen molar-refractivity contribution in [1.82, 2.24) is 15.3 Å². The van der Waals surface area contributed by atoms with Gasteiger partial charge in [0.25, 0.3) is 0 Å². The second-order valence-corrected chi connectivity index (χ2v) is 2.61. The summed E-state index contributed by atoms with van der Waals surface area (Å²) in [7, 11) is 0. The van der Waals surface area contributed by atoms with Crippen molar-refractivity contribution in [3.8, 4) is 0 Å². The first-order valence-corrected chi connectivity index (χ1v) is 4.44. The van der Waals surface area contributed by atoms with E-state index in [9.17, 15) is 4.79 Å². The van der Waals surface area contributed by atoms with E-state index in [2.05, 4.69) is 15.3 Å². The molecular formula is C9H13N3O2. The van der Waals surface area contributed by atoms with E-state index < -0.39 is 0 Å². The van der Waals surface area contributed by atoms with Crippen molar-refractivity contribution < 1.29 is 9.53 Å². The largest absolute Gasteiger partial charge is 0.465 e. The summed E-state index contributed by atoms with van der Waals surface area (Å²) in [6.45, 7) is 2.94. The van der Waals surface area contributed by atoms with E-state index in [0.29, 0.717) is 13.2 Å². The average Bonchev–Trinajstić information content (AvgIpc) is 2.20. The van der Waals surface area contributed by atoms with Crippen molar-refractivity contribution in [2.75, 3.05) is 13.2 Å². The van der Waals surface area contributed by atoms with Crippen molar-refractivity contribution in [3.05, 3.63) is 24.3 Å². The maximum absolute atomic E-state index is 10.9. The smallest absolute Gasteiger partial charge is 0.319 e. The van der Waals surface area contributed by atoms with Crippen LogP contribution in [0.25, 0.3) is 0 Å². The van der Waals surface area contributed by atoms with Crippen molar-refractivity contribution in [1.29, 1.82) is 0 Å². The van der Waals surface area contributed by atoms with Crippen LogP contribution in [0, 0.1) is 0 Å². The van der Waals surface area contributed by atoms with Gasteiger partial charge in [-0.25, -0.2) is 9.97 Å². The molecule has 0 unspecified atom stereocenters. The Morgan fingerprint density at radius 1 is 1.64 bits per heavy atom. The summed E-state index contributed by atoms with van der Waals surface area (Å²) < 4.78 is 4.75. The van der Waals surface area contributed by atoms with Crippen LogP contribution < -0.4 is 5.32 Å². The number of esters is 1. The Labute approximate surface area is 82.5 Å². The summed E-state index contributed by atoms with van der Waals surface area (Å²) in [5.74, 6) is -0.249. The highest BCUT2D eigenvalue weighted by molar-refractivity contribution is 5.71. The molecule has 1 rings (SSSR count). The monoisotopic (exact) mass is 195 g/mol. The standard InChI is InChI=1S/C9H13N3O2/c1-2-14-9(13)6-11-5-8-3-4-10-7-12-8/h3-4,7,11H,2,5-6H2,1H3. The van der Waals surface area contributed by atoms with Crippen LogP contribution in [-0.2, 0) is 16.1 Å². The van der Waals surface area contributed by atoms with Gasteiger partial charge in [0, 0.05) is 12.7 Å². The number of hydrogen-bond acceptors (Lipinski definition) is 5. The highest BCUT2D eigenvalue weighted by atomic mass is 16.5. The van der Waals surface area contributed by atoms with E-state index in [1.54, 1.807) is 19.2 Å². The molecule has 0 fully saturated rings. The van der Waals surface area contributed by atoms with Crippen molar-refractivity contribution in [2.45, 2.75) is 13.5 Å². The highest BCUT2D eigenvalue weighted by Gasteiger charge is 2.00. The van der Waals surface area contributed by atoms with E-state index in [1.807, 2.05) is 0 Å². The van der Waals surface area contributed by atoms with Crippen LogP contribution in [0.1, 0.15) is 12.6 Å². The van der Waals surface area contributed by atoms with Crippen LogP contribution in [-0.4, -0.2) is 29.1 Å². The topological polar surface area (TPSA) is 64.1 Å². The summed E-state index contributed by atoms with van der Waals surface area (Å²) in [6, 6.07) is 1.79. The summed E-state index contributed by atoms with van der Waals surface area (Å²) in [6.07, 6.45) is 3.13. The molecule has 0 bridgehead atoms. The lowest BCUT2D eigenvalue weighted by Crippen LogP contribution is -2.24. The number of rotatable bonds is 5. The van der Waals surface area contributed by atoms with Gasteiger partial charge in [0.05, 0.1) is 18.8 Å². The zero-order valence-corrected chi connectivity index (χ0v) is 8.06. The van der Waals surface area contributed by atoms with Crippen molar-refractivity contribution >= 4 is 5.97 Å². The molecule has 1 N–H and O–H groups in total. The lowest BCUT2D eigenvalue weighted by Gasteiger charge is -2.03. The number of hydrogen-bond donors (Lipinski definition) is 1. The molecule has 0 saturated carbocycles. The Hall–Kier alpha value is -1.49. The lowest BCUT2D eigenvalue weighted by atomic mass is 10.4. The molecule has 0 aliphatic carbocycles. The third-order valence-electron chi connectivity index (χ3n) is 1.52. The minimum Gasteiger partial charge on any atom is -0.465 e. The molecule has 0 spiro atoms. The Morgan fingerprint density at radius 2 is 2.50 bits per heavy atom. The molecule has 76 valence electrons. The van der Waals surface area contributed by atoms with Crippen LogP contribution in [0.3, 0.4) is 0 Å². The molecule has 5 heteroatoms. The SMILES string of the molecule is CCOC(=O)CNCc1ccncn1. The molecule has 0 aliphatic heterocycles. The Kier molecular flexibility index (Phi) is 4.57. The number of carbonyl (C=O) groups is 1. The van der Waals surface area contributed by atoms with Gasteiger partial charge in [-0.1, -0.05) is 0 Å². The van der Waals surface area contributed by atoms with E-state index >= 15 is 0 Å². The van der Waals surface area contributed by atoms with Gasteiger partial charge >= 0.3 is 5.97 Å². The van der Waals surface area contributed by atoms with Gasteiger partial charge in [0.2, 0.25) is 0 Å². The van der Waals surface area contributed by atoms with E-state index in [0.717, 1.165) is 5.69 Å². The molecule has 0 saturated heterocycles. The molecule has 0 amide bonds. The summed E-state index contributed by atoms with van der Waals surface area (Å²) in [4.78, 5) is 18.7. The fourth-order valence-corrected chi connectivity index (χ4v) is 0.927. The molecule has 0 radical (unpaired) electrons. The number of aromatic nitrogens is 2. The summed E-state index contributed by atoms with van der Waals surface area (Å²) >= 11 is 0. The van der Waals surface area contributed by atoms with E-state index in [-0.39, 0.29) is 12.5 Å². The Morgan fingerprint density at radius 3 is 3.14 bits per heavy atom. The van der Waals surface area contributed by atoms with Gasteiger partial charge < -0.3 is 10.1 Å². The number of ether oxygens (including phenoxy) is 1. The van der Waals surface area contributed by atoms with Crippen molar-refractivity contribution in [2.24, 2.45) is 0 Å². The highest BCUT2D eigenvalue weighted by Crippen LogP contribution is 1.89. The van der Waals surface area contributed by atoms with E-state index in [4.69, 9.17) is 4.74 Å². The molecule has 1 aromatic rings. The van der Waals surface area contributed by atoms with Crippen LogP contribution in [0.4, 0.5) is 0 Å². The van der Waals surface area contributed by atoms with Gasteiger partial charge in [-0.3, -0.25) is 4.79 Å². The first-order valence-electron chi connectivity index (χ1n) is 4.44. The van der Waals surface area contributed by atoms with Gasteiger partial charge in [0.1, 0.15) is 6.33 Å². The minimum atomic E-state index is -0.249. The second-order valence-electron chi connectivity index (χ2n) is 2.61. The van der Waals surface area contributed by atoms with Crippen LogP contribution >= 0.6 is 0 Å². The zero-order chi connectivity index (χ0) is 10.2. The lowest BCUT2D eigenvalue weighted by molar-refractivity contribution is -0.142. The van der Waals surface area contributed by atoms with Crippen LogP contribution in [0.2, 0.25) is 0 Å². The molecule has 0 aromatic carbocycles. The number of nitrogens with zero attached hydrogens (tertiary/aromatic N) is 2. The minimum absolute atomic E-state index is 0.206. The second kappa shape index (κ2) is 6.04. The molecule has 0 aliphatic rings. The molecule has 0 atom stereocenters.